The van der Waals surface area contributed by atoms with Crippen LogP contribution in [0.2, 0.25) is 0 Å². The van der Waals surface area contributed by atoms with Crippen LogP contribution in [0.4, 0.5) is 5.69 Å². The predicted molar refractivity (Wildman–Crippen MR) is 97.1 cm³/mol. The Kier molecular flexibility index (Phi) is 5.90. The lowest BCUT2D eigenvalue weighted by molar-refractivity contribution is -0.127. The van der Waals surface area contributed by atoms with Crippen LogP contribution in [0.3, 0.4) is 0 Å². The molecule has 0 atom stereocenters. The van der Waals surface area contributed by atoms with Gasteiger partial charge in [-0.1, -0.05) is 0 Å². The first-order valence-electron chi connectivity index (χ1n) is 8.36. The molecule has 2 aromatic heterocycles. The molecule has 1 fully saturated rings. The SMILES string of the molecule is O=C(Nc1ccsc1C(=O)NCCCN1CCCC1=O)c1cnccn1. The minimum Gasteiger partial charge on any atom is -0.351 e. The first-order valence-corrected chi connectivity index (χ1v) is 9.24. The number of carbonyl (C=O) groups excluding carboxylic acids is 3. The van der Waals surface area contributed by atoms with E-state index in [2.05, 4.69) is 20.6 Å². The molecule has 136 valence electrons. The Morgan fingerprint density at radius 1 is 1.27 bits per heavy atom. The molecule has 0 bridgehead atoms. The number of rotatable bonds is 7. The average molecular weight is 373 g/mol. The third-order valence-corrected chi connectivity index (χ3v) is 4.89. The molecule has 0 unspecified atom stereocenters. The van der Waals surface area contributed by atoms with Crippen LogP contribution in [0.1, 0.15) is 39.4 Å². The number of hydrogen-bond donors (Lipinski definition) is 2. The molecule has 2 aromatic rings. The first kappa shape index (κ1) is 18.0. The van der Waals surface area contributed by atoms with Gasteiger partial charge < -0.3 is 15.5 Å². The molecule has 1 aliphatic heterocycles. The van der Waals surface area contributed by atoms with Crippen LogP contribution >= 0.6 is 11.3 Å². The molecule has 8 nitrogen and oxygen atoms in total. The zero-order valence-electron chi connectivity index (χ0n) is 14.1. The summed E-state index contributed by atoms with van der Waals surface area (Å²) in [5.74, 6) is -0.483. The van der Waals surface area contributed by atoms with E-state index in [1.807, 2.05) is 4.90 Å². The van der Waals surface area contributed by atoms with Crippen molar-refractivity contribution < 1.29 is 14.4 Å². The summed E-state index contributed by atoms with van der Waals surface area (Å²) in [6.45, 7) is 1.92. The number of aromatic nitrogens is 2. The van der Waals surface area contributed by atoms with Crippen molar-refractivity contribution in [2.45, 2.75) is 19.3 Å². The van der Waals surface area contributed by atoms with Crippen molar-refractivity contribution in [3.63, 3.8) is 0 Å². The number of thiophene rings is 1. The van der Waals surface area contributed by atoms with Gasteiger partial charge >= 0.3 is 0 Å². The molecule has 3 rings (SSSR count). The van der Waals surface area contributed by atoms with Crippen molar-refractivity contribution in [2.24, 2.45) is 0 Å². The van der Waals surface area contributed by atoms with Crippen LogP contribution in [0.15, 0.2) is 30.0 Å². The van der Waals surface area contributed by atoms with Crippen molar-refractivity contribution >= 4 is 34.7 Å². The van der Waals surface area contributed by atoms with Gasteiger partial charge in [-0.05, 0) is 24.3 Å². The van der Waals surface area contributed by atoms with E-state index in [4.69, 9.17) is 0 Å². The first-order chi connectivity index (χ1) is 12.6. The average Bonchev–Trinajstić information content (AvgIpc) is 3.28. The van der Waals surface area contributed by atoms with E-state index in [0.29, 0.717) is 36.5 Å². The second kappa shape index (κ2) is 8.52. The maximum atomic E-state index is 12.3. The number of nitrogens with zero attached hydrogens (tertiary/aromatic N) is 3. The molecule has 3 heterocycles. The molecule has 0 aliphatic carbocycles. The van der Waals surface area contributed by atoms with Gasteiger partial charge in [-0.25, -0.2) is 4.98 Å². The summed E-state index contributed by atoms with van der Waals surface area (Å²) in [6.07, 6.45) is 6.51. The molecule has 9 heteroatoms. The van der Waals surface area contributed by atoms with E-state index in [-0.39, 0.29) is 17.5 Å². The zero-order valence-corrected chi connectivity index (χ0v) is 14.9. The molecular formula is C17H19N5O3S. The third kappa shape index (κ3) is 4.42. The monoisotopic (exact) mass is 373 g/mol. The fourth-order valence-electron chi connectivity index (χ4n) is 2.68. The summed E-state index contributed by atoms with van der Waals surface area (Å²) >= 11 is 1.25. The number of anilines is 1. The Labute approximate surface area is 154 Å². The van der Waals surface area contributed by atoms with Crippen LogP contribution in [0.25, 0.3) is 0 Å². The highest BCUT2D eigenvalue weighted by Crippen LogP contribution is 2.22. The molecule has 2 N–H and O–H groups in total. The third-order valence-electron chi connectivity index (χ3n) is 3.98. The fraction of sp³-hybridized carbons (Fsp3) is 0.353. The molecule has 1 aliphatic rings. The van der Waals surface area contributed by atoms with E-state index < -0.39 is 5.91 Å². The molecule has 26 heavy (non-hydrogen) atoms. The Balaban J connectivity index is 1.50. The van der Waals surface area contributed by atoms with Gasteiger partial charge in [0, 0.05) is 38.4 Å². The van der Waals surface area contributed by atoms with Gasteiger partial charge in [-0.2, -0.15) is 0 Å². The molecular weight excluding hydrogens is 354 g/mol. The summed E-state index contributed by atoms with van der Waals surface area (Å²) in [6, 6.07) is 1.68. The summed E-state index contributed by atoms with van der Waals surface area (Å²) < 4.78 is 0. The van der Waals surface area contributed by atoms with Gasteiger partial charge in [0.15, 0.2) is 0 Å². The summed E-state index contributed by atoms with van der Waals surface area (Å²) in [7, 11) is 0. The van der Waals surface area contributed by atoms with Gasteiger partial charge in [0.05, 0.1) is 11.9 Å². The molecule has 0 aromatic carbocycles. The van der Waals surface area contributed by atoms with Crippen LogP contribution in [-0.4, -0.2) is 52.2 Å². The minimum absolute atomic E-state index is 0.181. The fourth-order valence-corrected chi connectivity index (χ4v) is 3.44. The minimum atomic E-state index is -0.418. The van der Waals surface area contributed by atoms with Crippen LogP contribution < -0.4 is 10.6 Å². The maximum absolute atomic E-state index is 12.3. The van der Waals surface area contributed by atoms with Gasteiger partial charge in [0.1, 0.15) is 10.6 Å². The molecule has 0 saturated carbocycles. The zero-order chi connectivity index (χ0) is 18.4. The lowest BCUT2D eigenvalue weighted by Gasteiger charge is -2.15. The lowest BCUT2D eigenvalue weighted by atomic mass is 10.3. The smallest absolute Gasteiger partial charge is 0.275 e. The Hall–Kier alpha value is -2.81. The van der Waals surface area contributed by atoms with Gasteiger partial charge in [-0.3, -0.25) is 19.4 Å². The van der Waals surface area contributed by atoms with E-state index in [1.165, 1.54) is 29.9 Å². The second-order valence-electron chi connectivity index (χ2n) is 5.80. The van der Waals surface area contributed by atoms with Crippen molar-refractivity contribution in [3.05, 3.63) is 40.6 Å². The number of likely N-dealkylation sites (tertiary alicyclic amines) is 1. The predicted octanol–water partition coefficient (Wildman–Crippen LogP) is 1.53. The van der Waals surface area contributed by atoms with Crippen LogP contribution in [0.5, 0.6) is 0 Å². The van der Waals surface area contributed by atoms with E-state index in [0.717, 1.165) is 13.0 Å². The number of amides is 3. The number of carbonyl (C=O) groups is 3. The van der Waals surface area contributed by atoms with Crippen molar-refractivity contribution in [3.8, 4) is 0 Å². The standard InChI is InChI=1S/C17H19N5O3S/c23-14-3-1-8-22(14)9-2-5-20-17(25)15-12(4-10-26-15)21-16(24)13-11-18-6-7-19-13/h4,6-7,10-11H,1-3,5,8-9H2,(H,20,25)(H,21,24). The van der Waals surface area contributed by atoms with E-state index >= 15 is 0 Å². The van der Waals surface area contributed by atoms with E-state index in [9.17, 15) is 14.4 Å². The molecule has 3 amide bonds. The Bertz CT molecular complexity index is 793. The number of hydrogen-bond acceptors (Lipinski definition) is 6. The normalized spacial score (nSPS) is 13.7. The molecule has 1 saturated heterocycles. The molecule has 0 radical (unpaired) electrons. The molecule has 0 spiro atoms. The Morgan fingerprint density at radius 3 is 2.88 bits per heavy atom. The highest BCUT2D eigenvalue weighted by Gasteiger charge is 2.20. The van der Waals surface area contributed by atoms with Gasteiger partial charge in [0.25, 0.3) is 11.8 Å². The van der Waals surface area contributed by atoms with Crippen LogP contribution in [0, 0.1) is 0 Å². The highest BCUT2D eigenvalue weighted by atomic mass is 32.1. The largest absolute Gasteiger partial charge is 0.351 e. The lowest BCUT2D eigenvalue weighted by Crippen LogP contribution is -2.30. The second-order valence-corrected chi connectivity index (χ2v) is 6.72. The number of nitrogens with one attached hydrogen (secondary N) is 2. The quantitative estimate of drug-likeness (QED) is 0.716. The summed E-state index contributed by atoms with van der Waals surface area (Å²) in [5, 5.41) is 7.26. The van der Waals surface area contributed by atoms with Crippen LogP contribution in [-0.2, 0) is 4.79 Å². The van der Waals surface area contributed by atoms with Crippen molar-refractivity contribution in [1.29, 1.82) is 0 Å². The van der Waals surface area contributed by atoms with Crippen molar-refractivity contribution in [1.82, 2.24) is 20.2 Å². The Morgan fingerprint density at radius 2 is 2.15 bits per heavy atom. The highest BCUT2D eigenvalue weighted by molar-refractivity contribution is 7.12. The van der Waals surface area contributed by atoms with Gasteiger partial charge in [0.2, 0.25) is 5.91 Å². The summed E-state index contributed by atoms with van der Waals surface area (Å²) in [4.78, 5) is 46.1. The van der Waals surface area contributed by atoms with Gasteiger partial charge in [-0.15, -0.1) is 11.3 Å². The maximum Gasteiger partial charge on any atom is 0.275 e. The summed E-state index contributed by atoms with van der Waals surface area (Å²) in [5.41, 5.74) is 0.623. The van der Waals surface area contributed by atoms with Crippen molar-refractivity contribution in [2.75, 3.05) is 25.0 Å². The topological polar surface area (TPSA) is 104 Å². The van der Waals surface area contributed by atoms with E-state index in [1.54, 1.807) is 11.4 Å².